The number of thioether (sulfide) groups is 1. The third-order valence-electron chi connectivity index (χ3n) is 3.73. The molecule has 2 aromatic carbocycles. The number of primary amides is 1. The van der Waals surface area contributed by atoms with Crippen LogP contribution in [0.15, 0.2) is 65.8 Å². The van der Waals surface area contributed by atoms with Gasteiger partial charge < -0.3 is 5.73 Å². The molecule has 0 radical (unpaired) electrons. The van der Waals surface area contributed by atoms with Crippen molar-refractivity contribution in [3.8, 4) is 11.4 Å². The summed E-state index contributed by atoms with van der Waals surface area (Å²) >= 11 is 1.52. The minimum atomic E-state index is -0.416. The molecule has 0 saturated heterocycles. The first-order chi connectivity index (χ1) is 12.6. The van der Waals surface area contributed by atoms with Crippen LogP contribution in [0.3, 0.4) is 0 Å². The van der Waals surface area contributed by atoms with Crippen LogP contribution in [0.5, 0.6) is 0 Å². The first kappa shape index (κ1) is 17.9. The monoisotopic (exact) mass is 364 g/mol. The summed E-state index contributed by atoms with van der Waals surface area (Å²) < 4.78 is 1.78. The second-order valence-electron chi connectivity index (χ2n) is 5.85. The molecule has 26 heavy (non-hydrogen) atoms. The van der Waals surface area contributed by atoms with Gasteiger partial charge in [-0.15, -0.1) is 10.2 Å². The van der Waals surface area contributed by atoms with E-state index in [0.717, 1.165) is 22.4 Å². The van der Waals surface area contributed by atoms with Crippen LogP contribution in [0.2, 0.25) is 0 Å². The van der Waals surface area contributed by atoms with Gasteiger partial charge in [0.25, 0.3) is 0 Å². The molecule has 0 aliphatic heterocycles. The van der Waals surface area contributed by atoms with E-state index in [0.29, 0.717) is 11.0 Å². The quantitative estimate of drug-likeness (QED) is 0.651. The van der Waals surface area contributed by atoms with Crippen molar-refractivity contribution in [2.75, 3.05) is 5.75 Å². The lowest BCUT2D eigenvalue weighted by Crippen LogP contribution is -2.20. The summed E-state index contributed by atoms with van der Waals surface area (Å²) in [4.78, 5) is 11.5. The molecular formula is C20H20N4OS. The highest BCUT2D eigenvalue weighted by atomic mass is 32.2. The molecule has 1 amide bonds. The van der Waals surface area contributed by atoms with E-state index >= 15 is 0 Å². The molecular weight excluding hydrogens is 344 g/mol. The molecule has 132 valence electrons. The highest BCUT2D eigenvalue weighted by Gasteiger charge is 2.15. The van der Waals surface area contributed by atoms with Crippen molar-refractivity contribution in [3.63, 3.8) is 0 Å². The Morgan fingerprint density at radius 1 is 1.15 bits per heavy atom. The second-order valence-corrected chi connectivity index (χ2v) is 6.84. The minimum absolute atomic E-state index is 0.0566. The molecule has 0 bridgehead atoms. The summed E-state index contributed by atoms with van der Waals surface area (Å²) in [6.45, 7) is 2.07. The molecule has 0 aliphatic rings. The molecule has 5 nitrogen and oxygen atoms in total. The smallest absolute Gasteiger partial charge is 0.237 e. The molecule has 6 heteroatoms. The standard InChI is InChI=1S/C20H20N4OS/c1-15-7-5-11-17(13-15)19-22-23-20(24(19)14-18(21)25)26-12-6-10-16-8-3-2-4-9-16/h2-11,13H,12,14H2,1H3,(H2,21,25)/b10-6+. The van der Waals surface area contributed by atoms with E-state index in [2.05, 4.69) is 22.3 Å². The number of hydrogen-bond donors (Lipinski definition) is 1. The van der Waals surface area contributed by atoms with Gasteiger partial charge in [-0.3, -0.25) is 9.36 Å². The van der Waals surface area contributed by atoms with E-state index < -0.39 is 5.91 Å². The predicted molar refractivity (Wildman–Crippen MR) is 106 cm³/mol. The number of nitrogens with zero attached hydrogens (tertiary/aromatic N) is 3. The largest absolute Gasteiger partial charge is 0.368 e. The maximum atomic E-state index is 11.5. The zero-order valence-corrected chi connectivity index (χ0v) is 15.3. The van der Waals surface area contributed by atoms with Gasteiger partial charge in [0.05, 0.1) is 0 Å². The number of amides is 1. The molecule has 0 fully saturated rings. The van der Waals surface area contributed by atoms with Crippen LogP contribution >= 0.6 is 11.8 Å². The van der Waals surface area contributed by atoms with E-state index in [1.807, 2.05) is 61.5 Å². The van der Waals surface area contributed by atoms with Crippen molar-refractivity contribution in [1.29, 1.82) is 0 Å². The average Bonchev–Trinajstić information content (AvgIpc) is 3.01. The Morgan fingerprint density at radius 3 is 2.69 bits per heavy atom. The number of rotatable bonds is 7. The van der Waals surface area contributed by atoms with Crippen molar-refractivity contribution in [2.45, 2.75) is 18.6 Å². The summed E-state index contributed by atoms with van der Waals surface area (Å²) in [5, 5.41) is 9.21. The number of hydrogen-bond acceptors (Lipinski definition) is 4. The summed E-state index contributed by atoms with van der Waals surface area (Å²) in [6.07, 6.45) is 4.12. The number of carbonyl (C=O) groups excluding carboxylic acids is 1. The lowest BCUT2D eigenvalue weighted by molar-refractivity contribution is -0.118. The van der Waals surface area contributed by atoms with Gasteiger partial charge in [0.15, 0.2) is 11.0 Å². The number of aryl methyl sites for hydroxylation is 1. The molecule has 0 aliphatic carbocycles. The molecule has 0 saturated carbocycles. The summed E-state index contributed by atoms with van der Waals surface area (Å²) in [6, 6.07) is 18.1. The van der Waals surface area contributed by atoms with Gasteiger partial charge in [-0.2, -0.15) is 0 Å². The zero-order chi connectivity index (χ0) is 18.4. The number of nitrogens with two attached hydrogens (primary N) is 1. The SMILES string of the molecule is Cc1cccc(-c2nnc(SC/C=C/c3ccccc3)n2CC(N)=O)c1. The molecule has 0 unspecified atom stereocenters. The highest BCUT2D eigenvalue weighted by molar-refractivity contribution is 7.99. The van der Waals surface area contributed by atoms with Gasteiger partial charge in [0, 0.05) is 11.3 Å². The maximum Gasteiger partial charge on any atom is 0.237 e. The summed E-state index contributed by atoms with van der Waals surface area (Å²) in [5.74, 6) is 0.960. The molecule has 0 atom stereocenters. The van der Waals surface area contributed by atoms with Crippen LogP contribution in [0.1, 0.15) is 11.1 Å². The van der Waals surface area contributed by atoms with Crippen LogP contribution in [-0.2, 0) is 11.3 Å². The Balaban J connectivity index is 1.78. The average molecular weight is 364 g/mol. The molecule has 1 heterocycles. The van der Waals surface area contributed by atoms with Gasteiger partial charge >= 0.3 is 0 Å². The Kier molecular flexibility index (Phi) is 5.86. The van der Waals surface area contributed by atoms with E-state index in [1.54, 1.807) is 4.57 Å². The normalized spacial score (nSPS) is 11.1. The van der Waals surface area contributed by atoms with Gasteiger partial charge in [-0.05, 0) is 18.6 Å². The first-order valence-electron chi connectivity index (χ1n) is 8.26. The van der Waals surface area contributed by atoms with Gasteiger partial charge in [0.2, 0.25) is 5.91 Å². The fourth-order valence-electron chi connectivity index (χ4n) is 2.56. The second kappa shape index (κ2) is 8.49. The molecule has 3 aromatic rings. The topological polar surface area (TPSA) is 73.8 Å². The van der Waals surface area contributed by atoms with Crippen LogP contribution in [-0.4, -0.2) is 26.4 Å². The van der Waals surface area contributed by atoms with Gasteiger partial charge in [-0.25, -0.2) is 0 Å². The summed E-state index contributed by atoms with van der Waals surface area (Å²) in [7, 11) is 0. The number of benzene rings is 2. The highest BCUT2D eigenvalue weighted by Crippen LogP contribution is 2.24. The van der Waals surface area contributed by atoms with Crippen LogP contribution in [0, 0.1) is 6.92 Å². The van der Waals surface area contributed by atoms with Crippen LogP contribution in [0.25, 0.3) is 17.5 Å². The maximum absolute atomic E-state index is 11.5. The van der Waals surface area contributed by atoms with Crippen LogP contribution in [0.4, 0.5) is 0 Å². The van der Waals surface area contributed by atoms with E-state index in [-0.39, 0.29) is 6.54 Å². The van der Waals surface area contributed by atoms with E-state index in [4.69, 9.17) is 5.73 Å². The zero-order valence-electron chi connectivity index (χ0n) is 14.5. The minimum Gasteiger partial charge on any atom is -0.368 e. The third-order valence-corrected chi connectivity index (χ3v) is 4.64. The molecule has 2 N–H and O–H groups in total. The number of carbonyl (C=O) groups is 1. The fraction of sp³-hybridized carbons (Fsp3) is 0.150. The Hall–Kier alpha value is -2.86. The molecule has 3 rings (SSSR count). The fourth-order valence-corrected chi connectivity index (χ4v) is 3.31. The van der Waals surface area contributed by atoms with Crippen molar-refractivity contribution < 1.29 is 4.79 Å². The van der Waals surface area contributed by atoms with E-state index in [9.17, 15) is 4.79 Å². The Labute approximate surface area is 156 Å². The molecule has 0 spiro atoms. The van der Waals surface area contributed by atoms with Crippen molar-refractivity contribution in [1.82, 2.24) is 14.8 Å². The van der Waals surface area contributed by atoms with Crippen molar-refractivity contribution >= 4 is 23.7 Å². The first-order valence-corrected chi connectivity index (χ1v) is 9.25. The summed E-state index contributed by atoms with van der Waals surface area (Å²) in [5.41, 5.74) is 8.61. The van der Waals surface area contributed by atoms with Crippen molar-refractivity contribution in [3.05, 3.63) is 71.8 Å². The van der Waals surface area contributed by atoms with Crippen molar-refractivity contribution in [2.24, 2.45) is 5.73 Å². The van der Waals surface area contributed by atoms with Crippen LogP contribution < -0.4 is 5.73 Å². The Morgan fingerprint density at radius 2 is 1.96 bits per heavy atom. The Bertz CT molecular complexity index is 919. The van der Waals surface area contributed by atoms with Gasteiger partial charge in [-0.1, -0.05) is 78.0 Å². The lowest BCUT2D eigenvalue weighted by atomic mass is 10.1. The van der Waals surface area contributed by atoms with Gasteiger partial charge in [0.1, 0.15) is 6.54 Å². The third kappa shape index (κ3) is 4.61. The van der Waals surface area contributed by atoms with E-state index in [1.165, 1.54) is 11.8 Å². The number of aromatic nitrogens is 3. The molecule has 1 aromatic heterocycles. The lowest BCUT2D eigenvalue weighted by Gasteiger charge is -2.08. The predicted octanol–water partition coefficient (Wildman–Crippen LogP) is 3.54.